The fraction of sp³-hybridized carbons (Fsp3) is 0.259. The molecule has 34 heavy (non-hydrogen) atoms. The summed E-state index contributed by atoms with van der Waals surface area (Å²) >= 11 is 0. The molecule has 7 heteroatoms. The Labute approximate surface area is 200 Å². The molecule has 0 saturated carbocycles. The van der Waals surface area contributed by atoms with Gasteiger partial charge in [0.15, 0.2) is 0 Å². The Morgan fingerprint density at radius 2 is 1.65 bits per heavy atom. The van der Waals surface area contributed by atoms with Crippen molar-refractivity contribution < 1.29 is 17.9 Å². The molecule has 1 saturated heterocycles. The molecule has 0 unspecified atom stereocenters. The van der Waals surface area contributed by atoms with E-state index in [1.165, 1.54) is 4.31 Å². The topological polar surface area (TPSA) is 87.5 Å². The molecule has 0 atom stereocenters. The summed E-state index contributed by atoms with van der Waals surface area (Å²) in [6.07, 6.45) is 0.877. The summed E-state index contributed by atoms with van der Waals surface area (Å²) < 4.78 is 32.7. The molecule has 0 aromatic heterocycles. The van der Waals surface area contributed by atoms with Crippen LogP contribution < -0.4 is 0 Å². The first-order chi connectivity index (χ1) is 16.4. The highest BCUT2D eigenvalue weighted by molar-refractivity contribution is 7.89. The maximum Gasteiger partial charge on any atom is 0.309 e. The highest BCUT2D eigenvalue weighted by Gasteiger charge is 2.32. The molecule has 0 amide bonds. The van der Waals surface area contributed by atoms with Gasteiger partial charge >= 0.3 is 5.97 Å². The van der Waals surface area contributed by atoms with Gasteiger partial charge in [0.2, 0.25) is 10.0 Å². The molecule has 1 fully saturated rings. The lowest BCUT2D eigenvalue weighted by Gasteiger charge is -2.30. The highest BCUT2D eigenvalue weighted by Crippen LogP contribution is 2.26. The predicted octanol–water partition coefficient (Wildman–Crippen LogP) is 4.68. The molecular weight excluding hydrogens is 448 g/mol. The lowest BCUT2D eigenvalue weighted by molar-refractivity contribution is -0.151. The minimum absolute atomic E-state index is 0.154. The van der Waals surface area contributed by atoms with Crippen molar-refractivity contribution in [3.05, 3.63) is 89.5 Å². The van der Waals surface area contributed by atoms with Crippen LogP contribution in [0.5, 0.6) is 0 Å². The average Bonchev–Trinajstić information content (AvgIpc) is 2.88. The molecular formula is C27H26N2O4S. The highest BCUT2D eigenvalue weighted by atomic mass is 32.2. The summed E-state index contributed by atoms with van der Waals surface area (Å²) in [5.74, 6) is -0.613. The molecule has 0 aliphatic carbocycles. The smallest absolute Gasteiger partial charge is 0.309 e. The Hall–Kier alpha value is -3.47. The number of carbonyl (C=O) groups excluding carboxylic acids is 1. The minimum Gasteiger partial charge on any atom is -0.461 e. The van der Waals surface area contributed by atoms with E-state index in [0.717, 1.165) is 22.3 Å². The fourth-order valence-electron chi connectivity index (χ4n) is 4.08. The zero-order valence-electron chi connectivity index (χ0n) is 19.0. The van der Waals surface area contributed by atoms with Crippen molar-refractivity contribution in [2.45, 2.75) is 31.3 Å². The van der Waals surface area contributed by atoms with Gasteiger partial charge in [-0.3, -0.25) is 4.79 Å². The van der Waals surface area contributed by atoms with Crippen LogP contribution in [0.2, 0.25) is 0 Å². The normalized spacial score (nSPS) is 14.9. The number of rotatable bonds is 6. The van der Waals surface area contributed by atoms with E-state index in [2.05, 4.69) is 6.07 Å². The molecule has 0 spiro atoms. The molecule has 4 rings (SSSR count). The summed E-state index contributed by atoms with van der Waals surface area (Å²) in [5, 5.41) is 9.29. The van der Waals surface area contributed by atoms with Gasteiger partial charge in [0.1, 0.15) is 6.61 Å². The van der Waals surface area contributed by atoms with Crippen LogP contribution in [-0.2, 0) is 26.2 Å². The van der Waals surface area contributed by atoms with Gasteiger partial charge in [-0.25, -0.2) is 8.42 Å². The summed E-state index contributed by atoms with van der Waals surface area (Å²) in [6.45, 7) is 2.66. The van der Waals surface area contributed by atoms with Crippen LogP contribution in [0, 0.1) is 24.2 Å². The van der Waals surface area contributed by atoms with Crippen molar-refractivity contribution in [1.29, 1.82) is 5.26 Å². The van der Waals surface area contributed by atoms with Gasteiger partial charge in [0.05, 0.1) is 22.4 Å². The Bertz CT molecular complexity index is 1300. The molecule has 174 valence electrons. The van der Waals surface area contributed by atoms with Crippen molar-refractivity contribution in [1.82, 2.24) is 4.31 Å². The molecule has 3 aromatic carbocycles. The van der Waals surface area contributed by atoms with Crippen molar-refractivity contribution in [2.24, 2.45) is 5.92 Å². The number of sulfonamides is 1. The number of ether oxygens (including phenoxy) is 1. The Kier molecular flexibility index (Phi) is 7.11. The second-order valence-electron chi connectivity index (χ2n) is 8.45. The van der Waals surface area contributed by atoms with Gasteiger partial charge < -0.3 is 4.74 Å². The number of nitrogens with zero attached hydrogens (tertiary/aromatic N) is 2. The predicted molar refractivity (Wildman–Crippen MR) is 129 cm³/mol. The van der Waals surface area contributed by atoms with Crippen LogP contribution in [0.3, 0.4) is 0 Å². The lowest BCUT2D eigenvalue weighted by atomic mass is 9.98. The van der Waals surface area contributed by atoms with Gasteiger partial charge in [-0.05, 0) is 54.7 Å². The molecule has 0 bridgehead atoms. The van der Waals surface area contributed by atoms with Crippen LogP contribution in [0.25, 0.3) is 11.1 Å². The van der Waals surface area contributed by atoms with E-state index in [0.29, 0.717) is 31.5 Å². The maximum atomic E-state index is 12.8. The number of carbonyl (C=O) groups is 1. The van der Waals surface area contributed by atoms with E-state index < -0.39 is 10.0 Å². The van der Waals surface area contributed by atoms with E-state index in [-0.39, 0.29) is 23.4 Å². The minimum atomic E-state index is -3.55. The summed E-state index contributed by atoms with van der Waals surface area (Å²) in [6, 6.07) is 24.0. The first-order valence-corrected chi connectivity index (χ1v) is 12.6. The second kappa shape index (κ2) is 10.2. The molecule has 1 aliphatic heterocycles. The summed E-state index contributed by atoms with van der Waals surface area (Å²) in [5.41, 5.74) is 4.25. The molecule has 6 nitrogen and oxygen atoms in total. The third-order valence-corrected chi connectivity index (χ3v) is 8.05. The van der Waals surface area contributed by atoms with Crippen LogP contribution in [0.4, 0.5) is 0 Å². The molecule has 1 heterocycles. The lowest BCUT2D eigenvalue weighted by Crippen LogP contribution is -2.40. The van der Waals surface area contributed by atoms with Crippen LogP contribution in [0.1, 0.15) is 29.5 Å². The van der Waals surface area contributed by atoms with Crippen molar-refractivity contribution in [3.8, 4) is 17.2 Å². The molecule has 1 aliphatic rings. The van der Waals surface area contributed by atoms with E-state index in [4.69, 9.17) is 4.74 Å². The fourth-order valence-corrected chi connectivity index (χ4v) is 5.55. The molecule has 0 N–H and O–H groups in total. The average molecular weight is 475 g/mol. The van der Waals surface area contributed by atoms with Gasteiger partial charge in [0, 0.05) is 13.1 Å². The second-order valence-corrected chi connectivity index (χ2v) is 10.4. The van der Waals surface area contributed by atoms with Crippen LogP contribution in [-0.4, -0.2) is 31.8 Å². The van der Waals surface area contributed by atoms with E-state index in [9.17, 15) is 18.5 Å². The van der Waals surface area contributed by atoms with Gasteiger partial charge in [-0.1, -0.05) is 60.2 Å². The van der Waals surface area contributed by atoms with E-state index in [1.807, 2.05) is 49.4 Å². The number of esters is 1. The zero-order chi connectivity index (χ0) is 24.1. The SMILES string of the molecule is Cc1ccc(S(=O)(=O)N2CCC(C(=O)OCc3ccc(-c4ccccc4C#N)cc3)CC2)cc1. The summed E-state index contributed by atoms with van der Waals surface area (Å²) in [4.78, 5) is 12.9. The third kappa shape index (κ3) is 5.19. The van der Waals surface area contributed by atoms with Crippen LogP contribution >= 0.6 is 0 Å². The van der Waals surface area contributed by atoms with Gasteiger partial charge in [0.25, 0.3) is 0 Å². The third-order valence-electron chi connectivity index (χ3n) is 6.14. The number of nitriles is 1. The summed E-state index contributed by atoms with van der Waals surface area (Å²) in [7, 11) is -3.55. The van der Waals surface area contributed by atoms with E-state index in [1.54, 1.807) is 30.3 Å². The number of piperidine rings is 1. The van der Waals surface area contributed by atoms with Crippen molar-refractivity contribution in [3.63, 3.8) is 0 Å². The van der Waals surface area contributed by atoms with Gasteiger partial charge in [-0.2, -0.15) is 9.57 Å². The van der Waals surface area contributed by atoms with Crippen molar-refractivity contribution in [2.75, 3.05) is 13.1 Å². The first kappa shape index (κ1) is 23.7. The largest absolute Gasteiger partial charge is 0.461 e. The zero-order valence-corrected chi connectivity index (χ0v) is 19.8. The Morgan fingerprint density at radius 1 is 1.00 bits per heavy atom. The van der Waals surface area contributed by atoms with Crippen LogP contribution in [0.15, 0.2) is 77.7 Å². The van der Waals surface area contributed by atoms with E-state index >= 15 is 0 Å². The van der Waals surface area contributed by atoms with Crippen molar-refractivity contribution >= 4 is 16.0 Å². The molecule has 3 aromatic rings. The Balaban J connectivity index is 1.31. The maximum absolute atomic E-state index is 12.8. The number of aryl methyl sites for hydroxylation is 1. The first-order valence-electron chi connectivity index (χ1n) is 11.2. The number of hydrogen-bond acceptors (Lipinski definition) is 5. The standard InChI is InChI=1S/C27H26N2O4S/c1-20-6-12-25(13-7-20)34(31,32)29-16-14-23(15-17-29)27(30)33-19-21-8-10-22(11-9-21)26-5-3-2-4-24(26)18-28/h2-13,23H,14-17,19H2,1H3. The number of hydrogen-bond donors (Lipinski definition) is 0. The quantitative estimate of drug-likeness (QED) is 0.484. The Morgan fingerprint density at radius 3 is 2.29 bits per heavy atom. The number of benzene rings is 3. The molecule has 0 radical (unpaired) electrons. The monoisotopic (exact) mass is 474 g/mol. The van der Waals surface area contributed by atoms with Gasteiger partial charge in [-0.15, -0.1) is 0 Å².